The van der Waals surface area contributed by atoms with Gasteiger partial charge in [0.05, 0.1) is 25.4 Å². The van der Waals surface area contributed by atoms with Gasteiger partial charge in [-0.1, -0.05) is 24.3 Å². The molecule has 2 atom stereocenters. The van der Waals surface area contributed by atoms with E-state index in [0.717, 1.165) is 48.3 Å². The maximum absolute atomic E-state index is 5.82. The Balaban J connectivity index is 1.60. The van der Waals surface area contributed by atoms with E-state index in [4.69, 9.17) is 14.5 Å². The van der Waals surface area contributed by atoms with Crippen molar-refractivity contribution in [3.05, 3.63) is 53.7 Å². The fourth-order valence-electron chi connectivity index (χ4n) is 3.70. The standard InChI is InChI=1S/C24H35N5O2/c1-5-25-24(28-15-21-9-7-8-10-22(21)30-6-2)27-14-20-11-12-23(26-13-20)29-16-18(3)31-19(4)17-29/h7-13,18-19H,5-6,14-17H2,1-4H3,(H2,25,27,28). The number of anilines is 1. The Morgan fingerprint density at radius 2 is 1.90 bits per heavy atom. The van der Waals surface area contributed by atoms with Gasteiger partial charge in [-0.05, 0) is 45.4 Å². The highest BCUT2D eigenvalue weighted by Crippen LogP contribution is 2.19. The molecule has 1 fully saturated rings. The summed E-state index contributed by atoms with van der Waals surface area (Å²) < 4.78 is 11.5. The minimum absolute atomic E-state index is 0.219. The van der Waals surface area contributed by atoms with Crippen LogP contribution in [-0.2, 0) is 17.8 Å². The number of aliphatic imine (C=N–C) groups is 1. The number of ether oxygens (including phenoxy) is 2. The first-order valence-corrected chi connectivity index (χ1v) is 11.2. The van der Waals surface area contributed by atoms with E-state index >= 15 is 0 Å². The molecule has 0 spiro atoms. The van der Waals surface area contributed by atoms with Crippen LogP contribution in [0.25, 0.3) is 0 Å². The molecule has 1 aliphatic rings. The van der Waals surface area contributed by atoms with Gasteiger partial charge >= 0.3 is 0 Å². The van der Waals surface area contributed by atoms with Gasteiger partial charge in [-0.3, -0.25) is 0 Å². The number of nitrogens with zero attached hydrogens (tertiary/aromatic N) is 3. The summed E-state index contributed by atoms with van der Waals surface area (Å²) >= 11 is 0. The number of guanidine groups is 1. The van der Waals surface area contributed by atoms with Gasteiger partial charge in [0.25, 0.3) is 0 Å². The molecule has 7 nitrogen and oxygen atoms in total. The summed E-state index contributed by atoms with van der Waals surface area (Å²) in [5.41, 5.74) is 2.18. The lowest BCUT2D eigenvalue weighted by atomic mass is 10.2. The number of benzene rings is 1. The average molecular weight is 426 g/mol. The van der Waals surface area contributed by atoms with Crippen LogP contribution in [0.3, 0.4) is 0 Å². The molecule has 1 aromatic carbocycles. The Bertz CT molecular complexity index is 830. The third-order valence-electron chi connectivity index (χ3n) is 5.04. The van der Waals surface area contributed by atoms with Gasteiger partial charge in [-0.25, -0.2) is 9.98 Å². The third kappa shape index (κ3) is 6.85. The molecule has 2 N–H and O–H groups in total. The number of nitrogens with one attached hydrogen (secondary N) is 2. The second-order valence-corrected chi connectivity index (χ2v) is 7.78. The first kappa shape index (κ1) is 22.9. The molecule has 2 aromatic rings. The van der Waals surface area contributed by atoms with Crippen LogP contribution in [0, 0.1) is 0 Å². The lowest BCUT2D eigenvalue weighted by Gasteiger charge is -2.36. The zero-order valence-electron chi connectivity index (χ0n) is 19.1. The van der Waals surface area contributed by atoms with Crippen molar-refractivity contribution in [2.24, 2.45) is 4.99 Å². The first-order valence-electron chi connectivity index (χ1n) is 11.2. The lowest BCUT2D eigenvalue weighted by Crippen LogP contribution is -2.45. The predicted molar refractivity (Wildman–Crippen MR) is 126 cm³/mol. The average Bonchev–Trinajstić information content (AvgIpc) is 2.76. The fraction of sp³-hybridized carbons (Fsp3) is 0.500. The lowest BCUT2D eigenvalue weighted by molar-refractivity contribution is -0.00545. The van der Waals surface area contributed by atoms with E-state index < -0.39 is 0 Å². The van der Waals surface area contributed by atoms with Crippen LogP contribution in [0.15, 0.2) is 47.6 Å². The highest BCUT2D eigenvalue weighted by Gasteiger charge is 2.22. The zero-order valence-corrected chi connectivity index (χ0v) is 19.1. The van der Waals surface area contributed by atoms with Crippen LogP contribution in [0.5, 0.6) is 5.75 Å². The highest BCUT2D eigenvalue weighted by molar-refractivity contribution is 5.79. The molecule has 1 aliphatic heterocycles. The second kappa shape index (κ2) is 11.6. The van der Waals surface area contributed by atoms with Crippen LogP contribution in [0.2, 0.25) is 0 Å². The summed E-state index contributed by atoms with van der Waals surface area (Å²) in [6.07, 6.45) is 2.35. The SMILES string of the molecule is CCNC(=NCc1ccc(N2CC(C)OC(C)C2)nc1)NCc1ccccc1OCC. The van der Waals surface area contributed by atoms with E-state index in [0.29, 0.717) is 19.7 Å². The third-order valence-corrected chi connectivity index (χ3v) is 5.04. The topological polar surface area (TPSA) is 71.0 Å². The van der Waals surface area contributed by atoms with E-state index in [9.17, 15) is 0 Å². The Labute approximate surface area is 185 Å². The molecule has 2 heterocycles. The van der Waals surface area contributed by atoms with Gasteiger partial charge < -0.3 is 25.0 Å². The zero-order chi connectivity index (χ0) is 22.1. The number of morpholine rings is 1. The van der Waals surface area contributed by atoms with Crippen LogP contribution in [0.1, 0.15) is 38.8 Å². The van der Waals surface area contributed by atoms with Crippen molar-refractivity contribution >= 4 is 11.8 Å². The van der Waals surface area contributed by atoms with Crippen LogP contribution in [-0.4, -0.2) is 49.4 Å². The summed E-state index contributed by atoms with van der Waals surface area (Å²) in [6.45, 7) is 12.7. The van der Waals surface area contributed by atoms with Crippen LogP contribution in [0.4, 0.5) is 5.82 Å². The summed E-state index contributed by atoms with van der Waals surface area (Å²) in [7, 11) is 0. The summed E-state index contributed by atoms with van der Waals surface area (Å²) in [4.78, 5) is 11.7. The van der Waals surface area contributed by atoms with Crippen molar-refractivity contribution in [1.29, 1.82) is 0 Å². The maximum Gasteiger partial charge on any atom is 0.191 e. The van der Waals surface area contributed by atoms with E-state index in [1.807, 2.05) is 31.3 Å². The largest absolute Gasteiger partial charge is 0.494 e. The molecule has 0 saturated carbocycles. The Morgan fingerprint density at radius 1 is 1.13 bits per heavy atom. The van der Waals surface area contributed by atoms with Gasteiger partial charge in [0.15, 0.2) is 5.96 Å². The van der Waals surface area contributed by atoms with Crippen LogP contribution >= 0.6 is 0 Å². The molecule has 0 aliphatic carbocycles. The monoisotopic (exact) mass is 425 g/mol. The van der Waals surface area contributed by atoms with Gasteiger partial charge in [-0.2, -0.15) is 0 Å². The molecule has 1 saturated heterocycles. The van der Waals surface area contributed by atoms with Crippen molar-refractivity contribution in [3.63, 3.8) is 0 Å². The van der Waals surface area contributed by atoms with E-state index in [2.05, 4.69) is 59.5 Å². The minimum Gasteiger partial charge on any atom is -0.494 e. The molecule has 168 valence electrons. The van der Waals surface area contributed by atoms with Gasteiger partial charge in [0.1, 0.15) is 11.6 Å². The number of hydrogen-bond donors (Lipinski definition) is 2. The number of pyridine rings is 1. The maximum atomic E-state index is 5.82. The molecule has 0 amide bonds. The summed E-state index contributed by atoms with van der Waals surface area (Å²) in [5.74, 6) is 2.67. The molecule has 0 bridgehead atoms. The minimum atomic E-state index is 0.219. The summed E-state index contributed by atoms with van der Waals surface area (Å²) in [5, 5.41) is 6.70. The number of hydrogen-bond acceptors (Lipinski definition) is 5. The van der Waals surface area contributed by atoms with Gasteiger partial charge in [-0.15, -0.1) is 0 Å². The fourth-order valence-corrected chi connectivity index (χ4v) is 3.70. The number of para-hydroxylation sites is 1. The molecule has 2 unspecified atom stereocenters. The molecule has 31 heavy (non-hydrogen) atoms. The van der Waals surface area contributed by atoms with Crippen molar-refractivity contribution in [3.8, 4) is 5.75 Å². The molecule has 3 rings (SSSR count). The first-order chi connectivity index (χ1) is 15.1. The van der Waals surface area contributed by atoms with E-state index in [1.54, 1.807) is 0 Å². The second-order valence-electron chi connectivity index (χ2n) is 7.78. The van der Waals surface area contributed by atoms with Crippen molar-refractivity contribution < 1.29 is 9.47 Å². The molecule has 1 aromatic heterocycles. The molecular weight excluding hydrogens is 390 g/mol. The Kier molecular flexibility index (Phi) is 8.53. The summed E-state index contributed by atoms with van der Waals surface area (Å²) in [6, 6.07) is 12.2. The molecular formula is C24H35N5O2. The van der Waals surface area contributed by atoms with Crippen LogP contribution < -0.4 is 20.3 Å². The van der Waals surface area contributed by atoms with Crippen molar-refractivity contribution in [2.45, 2.75) is 53.0 Å². The Morgan fingerprint density at radius 3 is 2.58 bits per heavy atom. The van der Waals surface area contributed by atoms with Crippen molar-refractivity contribution in [2.75, 3.05) is 31.1 Å². The van der Waals surface area contributed by atoms with Crippen molar-refractivity contribution in [1.82, 2.24) is 15.6 Å². The normalized spacial score (nSPS) is 19.2. The molecule has 0 radical (unpaired) electrons. The van der Waals surface area contributed by atoms with Gasteiger partial charge in [0.2, 0.25) is 0 Å². The molecule has 7 heteroatoms. The van der Waals surface area contributed by atoms with E-state index in [1.165, 1.54) is 0 Å². The van der Waals surface area contributed by atoms with E-state index in [-0.39, 0.29) is 12.2 Å². The number of aromatic nitrogens is 1. The smallest absolute Gasteiger partial charge is 0.191 e. The predicted octanol–water partition coefficient (Wildman–Crippen LogP) is 3.35. The highest BCUT2D eigenvalue weighted by atomic mass is 16.5. The quantitative estimate of drug-likeness (QED) is 0.499. The Hall–Kier alpha value is -2.80. The van der Waals surface area contributed by atoms with Gasteiger partial charge in [0, 0.05) is 37.9 Å². The number of rotatable bonds is 8.